The van der Waals surface area contributed by atoms with Crippen molar-refractivity contribution < 1.29 is 9.90 Å². The topological polar surface area (TPSA) is 93.5 Å². The molecule has 2 aromatic rings. The molecule has 0 unspecified atom stereocenters. The number of benzene rings is 1. The second-order valence-electron chi connectivity index (χ2n) is 4.17. The number of imidazole rings is 1. The molecule has 3 N–H and O–H groups in total. The van der Waals surface area contributed by atoms with E-state index in [4.69, 9.17) is 10.8 Å². The molecule has 0 spiro atoms. The molecule has 1 aromatic heterocycles. The number of nitrogens with two attached hydrogens (primary N) is 1. The average Bonchev–Trinajstić information content (AvgIpc) is 2.73. The first-order chi connectivity index (χ1) is 9.54. The molecule has 102 valence electrons. The lowest BCUT2D eigenvalue weighted by molar-refractivity contribution is -0.131. The van der Waals surface area contributed by atoms with Gasteiger partial charge in [-0.1, -0.05) is 24.3 Å². The average molecular weight is 270 g/mol. The van der Waals surface area contributed by atoms with Crippen LogP contribution in [0.5, 0.6) is 0 Å². The molecule has 0 aliphatic heterocycles. The SMILES string of the molecule is Cc1cn(N=Cc2ccc(C=CC(=O)O)cc2)c(N)n1. The van der Waals surface area contributed by atoms with Gasteiger partial charge in [-0.2, -0.15) is 5.10 Å². The monoisotopic (exact) mass is 270 g/mol. The highest BCUT2D eigenvalue weighted by Gasteiger charge is 1.98. The van der Waals surface area contributed by atoms with E-state index >= 15 is 0 Å². The van der Waals surface area contributed by atoms with Crippen LogP contribution in [0.15, 0.2) is 41.6 Å². The third-order valence-electron chi connectivity index (χ3n) is 2.52. The minimum absolute atomic E-state index is 0.333. The van der Waals surface area contributed by atoms with Gasteiger partial charge in [0.1, 0.15) is 0 Å². The fourth-order valence-corrected chi connectivity index (χ4v) is 1.59. The lowest BCUT2D eigenvalue weighted by Crippen LogP contribution is -1.96. The molecule has 6 nitrogen and oxygen atoms in total. The summed E-state index contributed by atoms with van der Waals surface area (Å²) in [5.41, 5.74) is 8.16. The van der Waals surface area contributed by atoms with Crippen molar-refractivity contribution in [2.24, 2.45) is 5.10 Å². The van der Waals surface area contributed by atoms with Crippen LogP contribution < -0.4 is 5.73 Å². The van der Waals surface area contributed by atoms with Crippen molar-refractivity contribution in [1.82, 2.24) is 9.66 Å². The van der Waals surface area contributed by atoms with Crippen LogP contribution in [0.4, 0.5) is 5.95 Å². The molecule has 1 heterocycles. The van der Waals surface area contributed by atoms with Crippen molar-refractivity contribution in [2.75, 3.05) is 5.73 Å². The van der Waals surface area contributed by atoms with E-state index in [0.717, 1.165) is 22.9 Å². The number of anilines is 1. The Morgan fingerprint density at radius 1 is 1.35 bits per heavy atom. The van der Waals surface area contributed by atoms with E-state index in [1.165, 1.54) is 10.8 Å². The molecule has 0 aliphatic carbocycles. The van der Waals surface area contributed by atoms with Crippen molar-refractivity contribution in [3.8, 4) is 0 Å². The molecular formula is C14H14N4O2. The van der Waals surface area contributed by atoms with Crippen molar-refractivity contribution in [3.05, 3.63) is 53.4 Å². The fraction of sp³-hybridized carbons (Fsp3) is 0.0714. The van der Waals surface area contributed by atoms with E-state index in [-0.39, 0.29) is 0 Å². The van der Waals surface area contributed by atoms with Gasteiger partial charge in [0.2, 0.25) is 5.95 Å². The Morgan fingerprint density at radius 3 is 2.55 bits per heavy atom. The maximum Gasteiger partial charge on any atom is 0.328 e. The minimum atomic E-state index is -0.971. The van der Waals surface area contributed by atoms with Crippen LogP contribution in [0.1, 0.15) is 16.8 Å². The fourth-order valence-electron chi connectivity index (χ4n) is 1.59. The van der Waals surface area contributed by atoms with Crippen molar-refractivity contribution >= 4 is 24.2 Å². The van der Waals surface area contributed by atoms with Crippen LogP contribution in [-0.2, 0) is 4.79 Å². The zero-order chi connectivity index (χ0) is 14.5. The number of carboxylic acid groups (broad SMARTS) is 1. The molecular weight excluding hydrogens is 256 g/mol. The molecule has 20 heavy (non-hydrogen) atoms. The van der Waals surface area contributed by atoms with E-state index in [0.29, 0.717) is 5.95 Å². The first-order valence-electron chi connectivity index (χ1n) is 5.91. The van der Waals surface area contributed by atoms with Gasteiger partial charge in [-0.25, -0.2) is 14.5 Å². The smallest absolute Gasteiger partial charge is 0.328 e. The first kappa shape index (κ1) is 13.5. The largest absolute Gasteiger partial charge is 0.478 e. The van der Waals surface area contributed by atoms with Gasteiger partial charge in [0.25, 0.3) is 0 Å². The van der Waals surface area contributed by atoms with Gasteiger partial charge < -0.3 is 10.8 Å². The number of aromatic nitrogens is 2. The molecule has 0 atom stereocenters. The summed E-state index contributed by atoms with van der Waals surface area (Å²) in [6.07, 6.45) is 6.01. The summed E-state index contributed by atoms with van der Waals surface area (Å²) in [6, 6.07) is 7.29. The lowest BCUT2D eigenvalue weighted by Gasteiger charge is -1.97. The van der Waals surface area contributed by atoms with Crippen LogP contribution in [0, 0.1) is 6.92 Å². The maximum atomic E-state index is 10.4. The zero-order valence-corrected chi connectivity index (χ0v) is 10.9. The highest BCUT2D eigenvalue weighted by Crippen LogP contribution is 2.06. The van der Waals surface area contributed by atoms with Gasteiger partial charge in [-0.05, 0) is 24.1 Å². The Morgan fingerprint density at radius 2 is 2.00 bits per heavy atom. The molecule has 2 rings (SSSR count). The molecule has 0 fully saturated rings. The second kappa shape index (κ2) is 5.83. The molecule has 6 heteroatoms. The predicted octanol–water partition coefficient (Wildman–Crippen LogP) is 1.75. The number of carboxylic acids is 1. The lowest BCUT2D eigenvalue weighted by atomic mass is 10.1. The van der Waals surface area contributed by atoms with E-state index in [1.54, 1.807) is 12.4 Å². The Balaban J connectivity index is 2.11. The number of rotatable bonds is 4. The summed E-state index contributed by atoms with van der Waals surface area (Å²) in [6.45, 7) is 1.84. The van der Waals surface area contributed by atoms with Gasteiger partial charge in [-0.3, -0.25) is 0 Å². The van der Waals surface area contributed by atoms with Crippen LogP contribution >= 0.6 is 0 Å². The standard InChI is InChI=1S/C14H14N4O2/c1-10-9-18(14(15)17-10)16-8-12-4-2-11(3-5-12)6-7-13(19)20/h2-9H,1H3,(H2,15,17)(H,19,20). The Bertz CT molecular complexity index is 669. The van der Waals surface area contributed by atoms with E-state index in [2.05, 4.69) is 10.1 Å². The van der Waals surface area contributed by atoms with Crippen molar-refractivity contribution in [1.29, 1.82) is 0 Å². The number of hydrogen-bond acceptors (Lipinski definition) is 4. The van der Waals surface area contributed by atoms with E-state index < -0.39 is 5.97 Å². The molecule has 0 saturated heterocycles. The highest BCUT2D eigenvalue weighted by molar-refractivity contribution is 5.85. The Labute approximate surface area is 115 Å². The van der Waals surface area contributed by atoms with E-state index in [9.17, 15) is 4.79 Å². The van der Waals surface area contributed by atoms with Crippen LogP contribution in [-0.4, -0.2) is 27.0 Å². The normalized spacial score (nSPS) is 11.4. The molecule has 0 aliphatic rings. The minimum Gasteiger partial charge on any atom is -0.478 e. The molecule has 0 bridgehead atoms. The van der Waals surface area contributed by atoms with Gasteiger partial charge in [0.05, 0.1) is 18.1 Å². The predicted molar refractivity (Wildman–Crippen MR) is 77.5 cm³/mol. The molecule has 0 radical (unpaired) electrons. The van der Waals surface area contributed by atoms with Crippen LogP contribution in [0.25, 0.3) is 6.08 Å². The van der Waals surface area contributed by atoms with Gasteiger partial charge in [-0.15, -0.1) is 0 Å². The summed E-state index contributed by atoms with van der Waals surface area (Å²) in [5.74, 6) is -0.638. The van der Waals surface area contributed by atoms with Crippen LogP contribution in [0.3, 0.4) is 0 Å². The number of nitrogen functional groups attached to an aromatic ring is 1. The summed E-state index contributed by atoms with van der Waals surface area (Å²) in [7, 11) is 0. The van der Waals surface area contributed by atoms with Crippen LogP contribution in [0.2, 0.25) is 0 Å². The zero-order valence-electron chi connectivity index (χ0n) is 10.9. The number of hydrogen-bond donors (Lipinski definition) is 2. The maximum absolute atomic E-state index is 10.4. The van der Waals surface area contributed by atoms with Crippen molar-refractivity contribution in [2.45, 2.75) is 6.92 Å². The summed E-state index contributed by atoms with van der Waals surface area (Å²) >= 11 is 0. The number of carbonyl (C=O) groups is 1. The number of aliphatic carboxylic acids is 1. The number of nitrogens with zero attached hydrogens (tertiary/aromatic N) is 3. The number of aryl methyl sites for hydroxylation is 1. The third-order valence-corrected chi connectivity index (χ3v) is 2.52. The summed E-state index contributed by atoms with van der Waals surface area (Å²) in [4.78, 5) is 14.4. The molecule has 0 amide bonds. The van der Waals surface area contributed by atoms with E-state index in [1.807, 2.05) is 31.2 Å². The Hall–Kier alpha value is -2.89. The van der Waals surface area contributed by atoms with Gasteiger partial charge in [0.15, 0.2) is 0 Å². The quantitative estimate of drug-likeness (QED) is 0.653. The third kappa shape index (κ3) is 3.55. The summed E-state index contributed by atoms with van der Waals surface area (Å²) in [5, 5.41) is 12.7. The molecule has 0 saturated carbocycles. The summed E-state index contributed by atoms with van der Waals surface area (Å²) < 4.78 is 1.49. The van der Waals surface area contributed by atoms with Crippen molar-refractivity contribution in [3.63, 3.8) is 0 Å². The highest BCUT2D eigenvalue weighted by atomic mass is 16.4. The van der Waals surface area contributed by atoms with Gasteiger partial charge >= 0.3 is 5.97 Å². The second-order valence-corrected chi connectivity index (χ2v) is 4.17. The Kier molecular flexibility index (Phi) is 3.95. The first-order valence-corrected chi connectivity index (χ1v) is 5.91. The molecule has 1 aromatic carbocycles. The van der Waals surface area contributed by atoms with Gasteiger partial charge in [0, 0.05) is 6.08 Å².